The molecule has 2 aromatic heterocycles. The number of aryl methyl sites for hydroxylation is 1. The molecule has 0 spiro atoms. The Kier molecular flexibility index (Phi) is 2.84. The molecule has 0 amide bonds. The first kappa shape index (κ1) is 11.7. The first-order chi connectivity index (χ1) is 8.65. The van der Waals surface area contributed by atoms with Crippen LogP contribution in [0.1, 0.15) is 30.1 Å². The molecule has 1 fully saturated rings. The normalized spacial score (nSPS) is 25.7. The van der Waals surface area contributed by atoms with Crippen molar-refractivity contribution < 1.29 is 0 Å². The summed E-state index contributed by atoms with van der Waals surface area (Å²) in [6.07, 6.45) is 4.33. The summed E-state index contributed by atoms with van der Waals surface area (Å²) in [5.41, 5.74) is 9.41. The minimum atomic E-state index is 0.317. The molecule has 18 heavy (non-hydrogen) atoms. The monoisotopic (exact) mass is 244 g/mol. The van der Waals surface area contributed by atoms with Crippen LogP contribution in [-0.2, 0) is 0 Å². The lowest BCUT2D eigenvalue weighted by Gasteiger charge is -2.35. The number of likely N-dealkylation sites (tertiary alicyclic amines) is 1. The second-order valence-corrected chi connectivity index (χ2v) is 5.39. The number of H-pyrrole nitrogens is 1. The number of nitrogens with zero attached hydrogens (tertiary/aromatic N) is 2. The molecule has 0 radical (unpaired) electrons. The second kappa shape index (κ2) is 4.37. The second-order valence-electron chi connectivity index (χ2n) is 5.39. The highest BCUT2D eigenvalue weighted by atomic mass is 15.2. The van der Waals surface area contributed by atoms with Crippen molar-refractivity contribution in [2.45, 2.75) is 31.8 Å². The molecule has 3 heterocycles. The summed E-state index contributed by atoms with van der Waals surface area (Å²) in [5, 5.41) is 1.24. The Bertz CT molecular complexity index is 560. The maximum absolute atomic E-state index is 6.01. The molecule has 0 bridgehead atoms. The van der Waals surface area contributed by atoms with Gasteiger partial charge in [-0.1, -0.05) is 0 Å². The summed E-state index contributed by atoms with van der Waals surface area (Å²) in [4.78, 5) is 10.2. The largest absolute Gasteiger partial charge is 0.346 e. The molecule has 4 heteroatoms. The standard InChI is InChI=1S/C14H20N4/c1-9-3-5-11-12(7-16-14(11)17-9)13-6-4-10(15)8-18(13)2/h3,5,7,10,13H,4,6,8,15H2,1-2H3,(H,16,17). The number of fused-ring (bicyclic) bond motifs is 1. The number of hydrogen-bond acceptors (Lipinski definition) is 3. The van der Waals surface area contributed by atoms with E-state index < -0.39 is 0 Å². The van der Waals surface area contributed by atoms with Gasteiger partial charge in [0.1, 0.15) is 5.65 Å². The van der Waals surface area contributed by atoms with Crippen LogP contribution < -0.4 is 5.73 Å². The smallest absolute Gasteiger partial charge is 0.137 e. The van der Waals surface area contributed by atoms with E-state index in [4.69, 9.17) is 5.73 Å². The summed E-state index contributed by atoms with van der Waals surface area (Å²) in [6.45, 7) is 2.99. The first-order valence-electron chi connectivity index (χ1n) is 6.55. The summed E-state index contributed by atoms with van der Waals surface area (Å²) in [7, 11) is 2.16. The number of hydrogen-bond donors (Lipinski definition) is 2. The van der Waals surface area contributed by atoms with Gasteiger partial charge in [-0.2, -0.15) is 0 Å². The van der Waals surface area contributed by atoms with Gasteiger partial charge in [0.15, 0.2) is 0 Å². The average molecular weight is 244 g/mol. The van der Waals surface area contributed by atoms with Gasteiger partial charge >= 0.3 is 0 Å². The zero-order valence-corrected chi connectivity index (χ0v) is 11.0. The zero-order valence-electron chi connectivity index (χ0n) is 11.0. The van der Waals surface area contributed by atoms with E-state index in [9.17, 15) is 0 Å². The van der Waals surface area contributed by atoms with E-state index in [1.165, 1.54) is 10.9 Å². The maximum atomic E-state index is 6.01. The van der Waals surface area contributed by atoms with E-state index in [1.54, 1.807) is 0 Å². The highest BCUT2D eigenvalue weighted by Gasteiger charge is 2.26. The molecule has 3 rings (SSSR count). The van der Waals surface area contributed by atoms with E-state index in [1.807, 2.05) is 6.92 Å². The SMILES string of the molecule is Cc1ccc2c(C3CCC(N)CN3C)c[nH]c2n1. The fourth-order valence-electron chi connectivity index (χ4n) is 2.97. The zero-order chi connectivity index (χ0) is 12.7. The third-order valence-electron chi connectivity index (χ3n) is 3.93. The Labute approximate surface area is 107 Å². The average Bonchev–Trinajstić information content (AvgIpc) is 2.72. The lowest BCUT2D eigenvalue weighted by Crippen LogP contribution is -2.42. The van der Waals surface area contributed by atoms with Crippen molar-refractivity contribution in [3.05, 3.63) is 29.6 Å². The summed E-state index contributed by atoms with van der Waals surface area (Å²) < 4.78 is 0. The van der Waals surface area contributed by atoms with Crippen LogP contribution in [0.15, 0.2) is 18.3 Å². The van der Waals surface area contributed by atoms with Crippen LogP contribution in [0.4, 0.5) is 0 Å². The van der Waals surface area contributed by atoms with Crippen molar-refractivity contribution in [1.29, 1.82) is 0 Å². The first-order valence-corrected chi connectivity index (χ1v) is 6.55. The minimum absolute atomic E-state index is 0.317. The molecule has 2 aromatic rings. The van der Waals surface area contributed by atoms with Crippen molar-refractivity contribution in [3.8, 4) is 0 Å². The van der Waals surface area contributed by atoms with Gasteiger partial charge in [-0.3, -0.25) is 4.90 Å². The Hall–Kier alpha value is -1.39. The summed E-state index contributed by atoms with van der Waals surface area (Å²) >= 11 is 0. The van der Waals surface area contributed by atoms with Crippen LogP contribution in [0.2, 0.25) is 0 Å². The molecule has 0 aromatic carbocycles. The molecule has 96 valence electrons. The predicted molar refractivity (Wildman–Crippen MR) is 73.4 cm³/mol. The molecule has 4 nitrogen and oxygen atoms in total. The molecular weight excluding hydrogens is 224 g/mol. The van der Waals surface area contributed by atoms with Crippen LogP contribution in [0.3, 0.4) is 0 Å². The highest BCUT2D eigenvalue weighted by molar-refractivity contribution is 5.80. The Morgan fingerprint density at radius 1 is 1.39 bits per heavy atom. The van der Waals surface area contributed by atoms with Gasteiger partial charge in [0, 0.05) is 35.9 Å². The Balaban J connectivity index is 1.99. The third kappa shape index (κ3) is 1.91. The Morgan fingerprint density at radius 3 is 3.00 bits per heavy atom. The van der Waals surface area contributed by atoms with E-state index in [0.29, 0.717) is 12.1 Å². The molecular formula is C14H20N4. The van der Waals surface area contributed by atoms with Gasteiger partial charge in [0.2, 0.25) is 0 Å². The molecule has 3 N–H and O–H groups in total. The van der Waals surface area contributed by atoms with Crippen molar-refractivity contribution in [3.63, 3.8) is 0 Å². The minimum Gasteiger partial charge on any atom is -0.346 e. The van der Waals surface area contributed by atoms with E-state index in [0.717, 1.165) is 30.7 Å². The van der Waals surface area contributed by atoms with E-state index >= 15 is 0 Å². The lowest BCUT2D eigenvalue weighted by molar-refractivity contribution is 0.171. The number of likely N-dealkylation sites (N-methyl/N-ethyl adjacent to an activating group) is 1. The van der Waals surface area contributed by atoms with E-state index in [2.05, 4.69) is 40.2 Å². The topological polar surface area (TPSA) is 57.9 Å². The molecule has 0 aliphatic carbocycles. The maximum Gasteiger partial charge on any atom is 0.137 e. The van der Waals surface area contributed by atoms with E-state index in [-0.39, 0.29) is 0 Å². The number of aromatic nitrogens is 2. The van der Waals surface area contributed by atoms with Crippen LogP contribution in [0.5, 0.6) is 0 Å². The van der Waals surface area contributed by atoms with Crippen LogP contribution in [0.25, 0.3) is 11.0 Å². The number of nitrogens with one attached hydrogen (secondary N) is 1. The fraction of sp³-hybridized carbons (Fsp3) is 0.500. The molecule has 2 atom stereocenters. The van der Waals surface area contributed by atoms with Gasteiger partial charge in [0.05, 0.1) is 0 Å². The quantitative estimate of drug-likeness (QED) is 0.806. The molecule has 1 aliphatic rings. The number of rotatable bonds is 1. The number of nitrogens with two attached hydrogens (primary N) is 1. The van der Waals surface area contributed by atoms with Gasteiger partial charge in [0.25, 0.3) is 0 Å². The Morgan fingerprint density at radius 2 is 2.22 bits per heavy atom. The van der Waals surface area contributed by atoms with Crippen molar-refractivity contribution in [2.75, 3.05) is 13.6 Å². The summed E-state index contributed by atoms with van der Waals surface area (Å²) in [6, 6.07) is 5.03. The molecule has 1 aliphatic heterocycles. The van der Waals surface area contributed by atoms with Crippen LogP contribution >= 0.6 is 0 Å². The third-order valence-corrected chi connectivity index (χ3v) is 3.93. The van der Waals surface area contributed by atoms with Crippen molar-refractivity contribution in [1.82, 2.24) is 14.9 Å². The van der Waals surface area contributed by atoms with Crippen LogP contribution in [0, 0.1) is 6.92 Å². The molecule has 1 saturated heterocycles. The highest BCUT2D eigenvalue weighted by Crippen LogP contribution is 2.33. The van der Waals surface area contributed by atoms with Crippen molar-refractivity contribution in [2.24, 2.45) is 5.73 Å². The number of pyridine rings is 1. The van der Waals surface area contributed by atoms with Crippen molar-refractivity contribution >= 4 is 11.0 Å². The van der Waals surface area contributed by atoms with Gasteiger partial charge < -0.3 is 10.7 Å². The number of aromatic amines is 1. The van der Waals surface area contributed by atoms with Gasteiger partial charge in [-0.15, -0.1) is 0 Å². The molecule has 0 saturated carbocycles. The van der Waals surface area contributed by atoms with Crippen LogP contribution in [-0.4, -0.2) is 34.5 Å². The van der Waals surface area contributed by atoms with Gasteiger partial charge in [-0.05, 0) is 44.5 Å². The van der Waals surface area contributed by atoms with Gasteiger partial charge in [-0.25, -0.2) is 4.98 Å². The lowest BCUT2D eigenvalue weighted by atomic mass is 9.94. The molecule has 2 unspecified atom stereocenters. The number of piperidine rings is 1. The predicted octanol–water partition coefficient (Wildman–Crippen LogP) is 1.97. The summed E-state index contributed by atoms with van der Waals surface area (Å²) in [5.74, 6) is 0. The fourth-order valence-corrected chi connectivity index (χ4v) is 2.97.